The summed E-state index contributed by atoms with van der Waals surface area (Å²) in [6.07, 6.45) is 0. The Hall–Kier alpha value is -7.74. The van der Waals surface area contributed by atoms with E-state index in [-0.39, 0.29) is 0 Å². The van der Waals surface area contributed by atoms with Crippen LogP contribution in [0.4, 0.5) is 17.1 Å². The number of anilines is 3. The lowest BCUT2D eigenvalue weighted by molar-refractivity contribution is 1.28. The van der Waals surface area contributed by atoms with Crippen LogP contribution in [-0.4, -0.2) is 0 Å². The molecule has 10 aromatic rings. The summed E-state index contributed by atoms with van der Waals surface area (Å²) in [6.45, 7) is 0. The van der Waals surface area contributed by atoms with Gasteiger partial charge in [-0.25, -0.2) is 0 Å². The fourth-order valence-corrected chi connectivity index (χ4v) is 8.22. The molecule has 1 heteroatoms. The Morgan fingerprint density at radius 1 is 0.203 bits per heavy atom. The van der Waals surface area contributed by atoms with Crippen molar-refractivity contribution in [1.29, 1.82) is 0 Å². The molecule has 0 N–H and O–H groups in total. The number of rotatable bonds is 9. The first-order valence-electron chi connectivity index (χ1n) is 20.2. The monoisotopic (exact) mass is 751 g/mol. The van der Waals surface area contributed by atoms with Gasteiger partial charge in [-0.1, -0.05) is 188 Å². The Balaban J connectivity index is 1.02. The van der Waals surface area contributed by atoms with Crippen molar-refractivity contribution in [3.63, 3.8) is 0 Å². The molecule has 0 aliphatic carbocycles. The first kappa shape index (κ1) is 35.7. The van der Waals surface area contributed by atoms with Gasteiger partial charge in [0.2, 0.25) is 0 Å². The maximum Gasteiger partial charge on any atom is 0.0462 e. The summed E-state index contributed by atoms with van der Waals surface area (Å²) >= 11 is 0. The highest BCUT2D eigenvalue weighted by Gasteiger charge is 2.15. The van der Waals surface area contributed by atoms with Gasteiger partial charge >= 0.3 is 0 Å². The minimum Gasteiger partial charge on any atom is -0.311 e. The summed E-state index contributed by atoms with van der Waals surface area (Å²) < 4.78 is 0. The third-order valence-corrected chi connectivity index (χ3v) is 11.3. The van der Waals surface area contributed by atoms with Crippen molar-refractivity contribution in [2.24, 2.45) is 0 Å². The first-order valence-corrected chi connectivity index (χ1v) is 20.2. The van der Waals surface area contributed by atoms with Gasteiger partial charge in [-0.3, -0.25) is 0 Å². The van der Waals surface area contributed by atoms with Gasteiger partial charge in [0.15, 0.2) is 0 Å². The lowest BCUT2D eigenvalue weighted by Crippen LogP contribution is -2.09. The van der Waals surface area contributed by atoms with Gasteiger partial charge in [-0.05, 0) is 138 Å². The summed E-state index contributed by atoms with van der Waals surface area (Å²) in [4.78, 5) is 2.35. The molecule has 0 amide bonds. The molecule has 0 saturated heterocycles. The number of benzene rings is 10. The molecule has 0 aliphatic heterocycles. The van der Waals surface area contributed by atoms with E-state index < -0.39 is 0 Å². The van der Waals surface area contributed by atoms with Crippen molar-refractivity contribution in [3.8, 4) is 66.8 Å². The van der Waals surface area contributed by atoms with E-state index in [1.54, 1.807) is 0 Å². The van der Waals surface area contributed by atoms with Gasteiger partial charge in [0.25, 0.3) is 0 Å². The van der Waals surface area contributed by atoms with E-state index in [4.69, 9.17) is 0 Å². The number of hydrogen-bond acceptors (Lipinski definition) is 1. The molecule has 10 aromatic carbocycles. The smallest absolute Gasteiger partial charge is 0.0462 e. The van der Waals surface area contributed by atoms with E-state index in [2.05, 4.69) is 254 Å². The SMILES string of the molecule is c1ccc(-c2ccc(N(c3ccc(-c4cc(-c5ccccc5)cc(-c5ccccc5)c4)cc3)c3ccc(-c4cccc(-c5cccc6ccccc56)c4)cc3)cc2)cc1. The molecule has 0 atom stereocenters. The van der Waals surface area contributed by atoms with E-state index in [1.807, 2.05) is 0 Å². The van der Waals surface area contributed by atoms with E-state index in [9.17, 15) is 0 Å². The number of hydrogen-bond donors (Lipinski definition) is 0. The summed E-state index contributed by atoms with van der Waals surface area (Å²) in [6, 6.07) is 89.8. The Kier molecular flexibility index (Phi) is 9.68. The molecule has 278 valence electrons. The van der Waals surface area contributed by atoms with Crippen LogP contribution in [0.25, 0.3) is 77.5 Å². The van der Waals surface area contributed by atoms with E-state index in [0.717, 1.165) is 17.1 Å². The van der Waals surface area contributed by atoms with Crippen LogP contribution in [0.3, 0.4) is 0 Å². The Labute approximate surface area is 346 Å². The van der Waals surface area contributed by atoms with Crippen LogP contribution in [0, 0.1) is 0 Å². The van der Waals surface area contributed by atoms with Gasteiger partial charge in [0, 0.05) is 17.1 Å². The highest BCUT2D eigenvalue weighted by atomic mass is 15.1. The van der Waals surface area contributed by atoms with Crippen LogP contribution < -0.4 is 4.90 Å². The second-order valence-corrected chi connectivity index (χ2v) is 15.0. The fraction of sp³-hybridized carbons (Fsp3) is 0. The second-order valence-electron chi connectivity index (χ2n) is 15.0. The van der Waals surface area contributed by atoms with E-state index >= 15 is 0 Å². The predicted octanol–water partition coefficient (Wildman–Crippen LogP) is 16.3. The molecule has 0 spiro atoms. The number of nitrogens with zero attached hydrogens (tertiary/aromatic N) is 1. The summed E-state index contributed by atoms with van der Waals surface area (Å²) in [5.41, 5.74) is 17.7. The molecule has 10 rings (SSSR count). The van der Waals surface area contributed by atoms with E-state index in [0.29, 0.717) is 0 Å². The lowest BCUT2D eigenvalue weighted by Gasteiger charge is -2.26. The van der Waals surface area contributed by atoms with Gasteiger partial charge in [-0.2, -0.15) is 0 Å². The molecule has 0 aliphatic rings. The maximum atomic E-state index is 2.35. The molecule has 0 unspecified atom stereocenters. The first-order chi connectivity index (χ1) is 29.2. The molecule has 0 radical (unpaired) electrons. The third-order valence-electron chi connectivity index (χ3n) is 11.3. The van der Waals surface area contributed by atoms with Crippen molar-refractivity contribution in [1.82, 2.24) is 0 Å². The van der Waals surface area contributed by atoms with Gasteiger partial charge in [-0.15, -0.1) is 0 Å². The van der Waals surface area contributed by atoms with Crippen molar-refractivity contribution in [2.45, 2.75) is 0 Å². The minimum absolute atomic E-state index is 1.09. The molecule has 0 bridgehead atoms. The van der Waals surface area contributed by atoms with Gasteiger partial charge in [0.1, 0.15) is 0 Å². The second kappa shape index (κ2) is 16.0. The van der Waals surface area contributed by atoms with Gasteiger partial charge < -0.3 is 4.90 Å². The number of fused-ring (bicyclic) bond motifs is 1. The zero-order valence-corrected chi connectivity index (χ0v) is 32.6. The molecule has 59 heavy (non-hydrogen) atoms. The average Bonchev–Trinajstić information content (AvgIpc) is 3.33. The Bertz CT molecular complexity index is 2920. The van der Waals surface area contributed by atoms with Crippen molar-refractivity contribution < 1.29 is 0 Å². The van der Waals surface area contributed by atoms with Crippen LogP contribution >= 0.6 is 0 Å². The zero-order chi connectivity index (χ0) is 39.4. The van der Waals surface area contributed by atoms with Crippen molar-refractivity contribution >= 4 is 27.8 Å². The normalized spacial score (nSPS) is 11.1. The lowest BCUT2D eigenvalue weighted by atomic mass is 9.93. The molecule has 0 fully saturated rings. The highest BCUT2D eigenvalue weighted by molar-refractivity contribution is 5.97. The molecule has 0 aromatic heterocycles. The third kappa shape index (κ3) is 7.46. The highest BCUT2D eigenvalue weighted by Crippen LogP contribution is 2.40. The standard InChI is InChI=1S/C58H41N/c1-4-14-42(15-5-1)45-26-32-54(33-27-45)59(55-34-28-46(29-35-55)49-22-12-23-50(38-49)58-25-13-21-48-20-10-11-24-57(48)58)56-36-30-47(31-37-56)53-40-51(43-16-6-2-7-17-43)39-52(41-53)44-18-8-3-9-19-44/h1-41H. The summed E-state index contributed by atoms with van der Waals surface area (Å²) in [5, 5.41) is 2.52. The van der Waals surface area contributed by atoms with Crippen LogP contribution in [0.2, 0.25) is 0 Å². The molecule has 0 saturated carbocycles. The maximum absolute atomic E-state index is 2.35. The quantitative estimate of drug-likeness (QED) is 0.142. The van der Waals surface area contributed by atoms with Crippen LogP contribution in [0.1, 0.15) is 0 Å². The van der Waals surface area contributed by atoms with Crippen LogP contribution in [0.5, 0.6) is 0 Å². The zero-order valence-electron chi connectivity index (χ0n) is 32.6. The van der Waals surface area contributed by atoms with Crippen molar-refractivity contribution in [3.05, 3.63) is 249 Å². The van der Waals surface area contributed by atoms with E-state index in [1.165, 1.54) is 77.5 Å². The molecule has 1 nitrogen and oxygen atoms in total. The Morgan fingerprint density at radius 2 is 0.525 bits per heavy atom. The molecule has 0 heterocycles. The van der Waals surface area contributed by atoms with Crippen LogP contribution in [-0.2, 0) is 0 Å². The minimum atomic E-state index is 1.09. The molecular weight excluding hydrogens is 711 g/mol. The average molecular weight is 752 g/mol. The largest absolute Gasteiger partial charge is 0.311 e. The summed E-state index contributed by atoms with van der Waals surface area (Å²) in [5.74, 6) is 0. The summed E-state index contributed by atoms with van der Waals surface area (Å²) in [7, 11) is 0. The topological polar surface area (TPSA) is 3.24 Å². The fourth-order valence-electron chi connectivity index (χ4n) is 8.22. The molecular formula is C58H41N. The van der Waals surface area contributed by atoms with Crippen molar-refractivity contribution in [2.75, 3.05) is 4.90 Å². The predicted molar refractivity (Wildman–Crippen MR) is 251 cm³/mol. The Morgan fingerprint density at radius 3 is 1.03 bits per heavy atom. The van der Waals surface area contributed by atoms with Crippen LogP contribution in [0.15, 0.2) is 249 Å². The van der Waals surface area contributed by atoms with Gasteiger partial charge in [0.05, 0.1) is 0 Å².